The van der Waals surface area contributed by atoms with Gasteiger partial charge in [0.15, 0.2) is 5.82 Å². The summed E-state index contributed by atoms with van der Waals surface area (Å²) in [5.74, 6) is -0.297. The van der Waals surface area contributed by atoms with E-state index in [1.165, 1.54) is 6.07 Å². The zero-order chi connectivity index (χ0) is 15.0. The maximum Gasteiger partial charge on any atom is 0.150 e. The van der Waals surface area contributed by atoms with E-state index >= 15 is 0 Å². The lowest BCUT2D eigenvalue weighted by Gasteiger charge is -2.37. The van der Waals surface area contributed by atoms with Gasteiger partial charge < -0.3 is 15.5 Å². The number of nitrogens with two attached hydrogens (primary N) is 1. The Morgan fingerprint density at radius 2 is 2.29 bits per heavy atom. The number of pyridine rings is 1. The third-order valence-electron chi connectivity index (χ3n) is 4.35. The molecule has 0 radical (unpaired) electrons. The van der Waals surface area contributed by atoms with Gasteiger partial charge in [-0.3, -0.25) is 4.98 Å². The van der Waals surface area contributed by atoms with E-state index in [1.54, 1.807) is 6.20 Å². The predicted molar refractivity (Wildman–Crippen MR) is 85.0 cm³/mol. The molecule has 1 atom stereocenters. The molecule has 2 heterocycles. The lowest BCUT2D eigenvalue weighted by atomic mass is 10.0. The number of nitrogen functional groups attached to an aromatic ring is 1. The third kappa shape index (κ3) is 2.53. The monoisotopic (exact) mass is 288 g/mol. The molecule has 1 saturated heterocycles. The van der Waals surface area contributed by atoms with Crippen LogP contribution in [0.4, 0.5) is 15.8 Å². The molecule has 3 rings (SSSR count). The number of piperidine rings is 1. The minimum Gasteiger partial charge on any atom is -0.398 e. The smallest absolute Gasteiger partial charge is 0.150 e. The lowest BCUT2D eigenvalue weighted by molar-refractivity contribution is 0.247. The van der Waals surface area contributed by atoms with Crippen LogP contribution in [-0.4, -0.2) is 43.1 Å². The number of rotatable bonds is 2. The molecule has 2 aromatic rings. The van der Waals surface area contributed by atoms with Gasteiger partial charge in [0, 0.05) is 36.9 Å². The molecule has 1 aromatic carbocycles. The second kappa shape index (κ2) is 5.48. The number of likely N-dealkylation sites (tertiary alicyclic amines) is 1. The predicted octanol–water partition coefficient (Wildman–Crippen LogP) is 2.49. The molecule has 0 saturated carbocycles. The lowest BCUT2D eigenvalue weighted by Crippen LogP contribution is -2.45. The van der Waals surface area contributed by atoms with Crippen LogP contribution in [0.2, 0.25) is 0 Å². The normalized spacial score (nSPS) is 19.9. The van der Waals surface area contributed by atoms with Crippen molar-refractivity contribution >= 4 is 22.3 Å². The summed E-state index contributed by atoms with van der Waals surface area (Å²) in [6, 6.07) is 5.42. The molecule has 1 fully saturated rings. The van der Waals surface area contributed by atoms with E-state index in [2.05, 4.69) is 16.9 Å². The van der Waals surface area contributed by atoms with Crippen molar-refractivity contribution in [2.24, 2.45) is 0 Å². The van der Waals surface area contributed by atoms with Gasteiger partial charge in [0.25, 0.3) is 0 Å². The van der Waals surface area contributed by atoms with Crippen LogP contribution in [0, 0.1) is 5.82 Å². The van der Waals surface area contributed by atoms with E-state index < -0.39 is 0 Å². The van der Waals surface area contributed by atoms with Crippen molar-refractivity contribution in [3.63, 3.8) is 0 Å². The molecule has 0 aliphatic carbocycles. The number of likely N-dealkylation sites (N-methyl/N-ethyl adjacent to an activating group) is 2. The fraction of sp³-hybridized carbons (Fsp3) is 0.438. The van der Waals surface area contributed by atoms with Crippen molar-refractivity contribution in [2.45, 2.75) is 18.9 Å². The average Bonchev–Trinajstić information content (AvgIpc) is 2.47. The van der Waals surface area contributed by atoms with Crippen molar-refractivity contribution in [2.75, 3.05) is 37.8 Å². The van der Waals surface area contributed by atoms with Crippen LogP contribution in [0.1, 0.15) is 12.8 Å². The Bertz CT molecular complexity index is 658. The van der Waals surface area contributed by atoms with Gasteiger partial charge in [0.1, 0.15) is 0 Å². The Labute approximate surface area is 124 Å². The van der Waals surface area contributed by atoms with Crippen LogP contribution in [-0.2, 0) is 0 Å². The van der Waals surface area contributed by atoms with Crippen molar-refractivity contribution < 1.29 is 4.39 Å². The van der Waals surface area contributed by atoms with Crippen LogP contribution in [0.15, 0.2) is 24.4 Å². The summed E-state index contributed by atoms with van der Waals surface area (Å²) < 4.78 is 14.5. The zero-order valence-electron chi connectivity index (χ0n) is 12.5. The highest BCUT2D eigenvalue weighted by molar-refractivity contribution is 5.98. The molecule has 1 aliphatic rings. The first-order valence-electron chi connectivity index (χ1n) is 7.32. The first-order valence-corrected chi connectivity index (χ1v) is 7.32. The van der Waals surface area contributed by atoms with Crippen LogP contribution in [0.25, 0.3) is 10.9 Å². The first kappa shape index (κ1) is 14.1. The fourth-order valence-corrected chi connectivity index (χ4v) is 3.20. The van der Waals surface area contributed by atoms with E-state index in [-0.39, 0.29) is 5.82 Å². The standard InChI is InChI=1S/C16H21FN4/c1-20-8-4-5-11(10-20)21(2)16-13(17)9-14(18)12-6-3-7-19-15(12)16/h3,6-7,9,11H,4-5,8,10,18H2,1-2H3. The Morgan fingerprint density at radius 3 is 3.05 bits per heavy atom. The second-order valence-corrected chi connectivity index (χ2v) is 5.86. The van der Waals surface area contributed by atoms with Gasteiger partial charge in [-0.25, -0.2) is 4.39 Å². The third-order valence-corrected chi connectivity index (χ3v) is 4.35. The van der Waals surface area contributed by atoms with Crippen LogP contribution in [0.5, 0.6) is 0 Å². The van der Waals surface area contributed by atoms with Gasteiger partial charge in [0.2, 0.25) is 0 Å². The minimum absolute atomic E-state index is 0.297. The molecule has 4 nitrogen and oxygen atoms in total. The SMILES string of the molecule is CN1CCCC(N(C)c2c(F)cc(N)c3cccnc23)C1. The van der Waals surface area contributed by atoms with Crippen molar-refractivity contribution in [3.05, 3.63) is 30.2 Å². The summed E-state index contributed by atoms with van der Waals surface area (Å²) in [6.45, 7) is 2.04. The quantitative estimate of drug-likeness (QED) is 0.862. The molecule has 1 unspecified atom stereocenters. The van der Waals surface area contributed by atoms with Crippen LogP contribution < -0.4 is 10.6 Å². The van der Waals surface area contributed by atoms with Crippen LogP contribution >= 0.6 is 0 Å². The van der Waals surface area contributed by atoms with Gasteiger partial charge >= 0.3 is 0 Å². The summed E-state index contributed by atoms with van der Waals surface area (Å²) in [4.78, 5) is 8.68. The van der Waals surface area contributed by atoms with Gasteiger partial charge in [-0.2, -0.15) is 0 Å². The topological polar surface area (TPSA) is 45.4 Å². The molecular weight excluding hydrogens is 267 g/mol. The van der Waals surface area contributed by atoms with Crippen molar-refractivity contribution in [1.82, 2.24) is 9.88 Å². The highest BCUT2D eigenvalue weighted by atomic mass is 19.1. The minimum atomic E-state index is -0.297. The Morgan fingerprint density at radius 1 is 1.48 bits per heavy atom. The molecule has 5 heteroatoms. The molecule has 21 heavy (non-hydrogen) atoms. The average molecular weight is 288 g/mol. The summed E-state index contributed by atoms with van der Waals surface area (Å²) in [5.41, 5.74) is 7.56. The second-order valence-electron chi connectivity index (χ2n) is 5.86. The molecule has 112 valence electrons. The highest BCUT2D eigenvalue weighted by Crippen LogP contribution is 2.33. The molecule has 0 bridgehead atoms. The molecule has 1 aromatic heterocycles. The molecule has 0 spiro atoms. The summed E-state index contributed by atoms with van der Waals surface area (Å²) in [5, 5.41) is 0.810. The number of nitrogens with zero attached hydrogens (tertiary/aromatic N) is 3. The van der Waals surface area contributed by atoms with Gasteiger partial charge in [0.05, 0.1) is 11.2 Å². The van der Waals surface area contributed by atoms with E-state index in [9.17, 15) is 4.39 Å². The van der Waals surface area contributed by atoms with E-state index in [1.807, 2.05) is 24.1 Å². The number of halogens is 1. The summed E-state index contributed by atoms with van der Waals surface area (Å²) >= 11 is 0. The number of fused-ring (bicyclic) bond motifs is 1. The number of aromatic nitrogens is 1. The molecule has 0 amide bonds. The van der Waals surface area contributed by atoms with E-state index in [0.29, 0.717) is 22.9 Å². The summed E-state index contributed by atoms with van der Waals surface area (Å²) in [6.07, 6.45) is 3.89. The van der Waals surface area contributed by atoms with Crippen molar-refractivity contribution in [3.8, 4) is 0 Å². The number of hydrogen-bond donors (Lipinski definition) is 1. The number of hydrogen-bond acceptors (Lipinski definition) is 4. The number of benzene rings is 1. The maximum atomic E-state index is 14.5. The zero-order valence-corrected chi connectivity index (χ0v) is 12.5. The Kier molecular flexibility index (Phi) is 3.68. The summed E-state index contributed by atoms with van der Waals surface area (Å²) in [7, 11) is 4.06. The van der Waals surface area contributed by atoms with Gasteiger partial charge in [-0.05, 0) is 44.6 Å². The maximum absolute atomic E-state index is 14.5. The van der Waals surface area contributed by atoms with Gasteiger partial charge in [-0.15, -0.1) is 0 Å². The first-order chi connectivity index (χ1) is 10.1. The Balaban J connectivity index is 2.07. The van der Waals surface area contributed by atoms with Gasteiger partial charge in [-0.1, -0.05) is 0 Å². The van der Waals surface area contributed by atoms with E-state index in [4.69, 9.17) is 5.73 Å². The Hall–Kier alpha value is -1.88. The fourth-order valence-electron chi connectivity index (χ4n) is 3.20. The number of anilines is 2. The van der Waals surface area contributed by atoms with Crippen LogP contribution in [0.3, 0.4) is 0 Å². The largest absolute Gasteiger partial charge is 0.398 e. The highest BCUT2D eigenvalue weighted by Gasteiger charge is 2.25. The molecular formula is C16H21FN4. The van der Waals surface area contributed by atoms with Crippen molar-refractivity contribution in [1.29, 1.82) is 0 Å². The molecule has 1 aliphatic heterocycles. The molecule has 2 N–H and O–H groups in total. The van der Waals surface area contributed by atoms with E-state index in [0.717, 1.165) is 31.3 Å².